The van der Waals surface area contributed by atoms with E-state index in [-0.39, 0.29) is 0 Å². The van der Waals surface area contributed by atoms with Gasteiger partial charge < -0.3 is 0 Å². The van der Waals surface area contributed by atoms with Gasteiger partial charge in [-0.15, -0.1) is 0 Å². The van der Waals surface area contributed by atoms with Crippen molar-refractivity contribution in [1.29, 1.82) is 0 Å². The quantitative estimate of drug-likeness (QED) is 0.0348. The van der Waals surface area contributed by atoms with Gasteiger partial charge in [0.1, 0.15) is 0 Å². The summed E-state index contributed by atoms with van der Waals surface area (Å²) in [6, 6.07) is 0. The molecule has 0 spiro atoms. The zero-order chi connectivity index (χ0) is 38.6. The fourth-order valence-electron chi connectivity index (χ4n) is 7.47. The second-order valence-electron chi connectivity index (χ2n) is 16.3. The molecule has 0 aliphatic heterocycles. The van der Waals surface area contributed by atoms with Gasteiger partial charge in [0.2, 0.25) is 0 Å². The molecule has 52 heavy (non-hydrogen) atoms. The molecule has 0 saturated carbocycles. The number of unbranched alkanes of at least 4 members (excludes halogenated alkanes) is 20. The summed E-state index contributed by atoms with van der Waals surface area (Å²) in [5, 5.41) is 0. The summed E-state index contributed by atoms with van der Waals surface area (Å²) >= 11 is -7.75. The van der Waals surface area contributed by atoms with Gasteiger partial charge in [0.05, 0.1) is 0 Å². The predicted octanol–water partition coefficient (Wildman–Crippen LogP) is 16.4. The van der Waals surface area contributed by atoms with Crippen molar-refractivity contribution in [3.05, 3.63) is 0 Å². The molecular formula is C45H94O5Sn2. The van der Waals surface area contributed by atoms with E-state index in [2.05, 4.69) is 55.4 Å². The van der Waals surface area contributed by atoms with Crippen molar-refractivity contribution >= 4 is 44.6 Å². The maximum atomic E-state index is 13.8. The molecule has 0 fully saturated rings. The van der Waals surface area contributed by atoms with E-state index in [1.54, 1.807) is 0 Å². The van der Waals surface area contributed by atoms with Crippen LogP contribution in [-0.2, 0) is 12.3 Å². The standard InChI is InChI=1S/4C8H17.C7H14O3.C6H13O.O.2Sn/c4*1-3-5-7-8-6-4-2;1-3-6(4-2)5-10-7(8)9;1-3-6(4-2)5-7;;;/h4*1,3-8H2,2H3;6H,3-5H2,1-2H3,(H,8,9);6H,3-5H2,1-2H3;;;/q;;;;;-1;;2*+1/p-1. The third-order valence-electron chi connectivity index (χ3n) is 11.6. The summed E-state index contributed by atoms with van der Waals surface area (Å²) in [5.41, 5.74) is 0. The van der Waals surface area contributed by atoms with E-state index in [0.29, 0.717) is 18.4 Å². The normalized spacial score (nSPS) is 12.3. The van der Waals surface area contributed by atoms with E-state index in [0.717, 1.165) is 62.9 Å². The summed E-state index contributed by atoms with van der Waals surface area (Å²) in [5.74, 6) is 0.957. The van der Waals surface area contributed by atoms with Gasteiger partial charge in [-0.25, -0.2) is 0 Å². The molecule has 0 N–H and O–H groups in total. The van der Waals surface area contributed by atoms with Crippen molar-refractivity contribution in [1.82, 2.24) is 0 Å². The molecule has 0 rings (SSSR count). The summed E-state index contributed by atoms with van der Waals surface area (Å²) in [6.07, 6.45) is 34.2. The van der Waals surface area contributed by atoms with E-state index in [9.17, 15) is 4.79 Å². The zero-order valence-corrected chi connectivity index (χ0v) is 42.4. The first-order chi connectivity index (χ1) is 25.3. The summed E-state index contributed by atoms with van der Waals surface area (Å²) in [6.45, 7) is 19.5. The molecule has 0 bridgehead atoms. The fraction of sp³-hybridized carbons (Fsp3) is 0.978. The minimum absolute atomic E-state index is 0.386. The Kier molecular flexibility index (Phi) is 37.9. The van der Waals surface area contributed by atoms with Gasteiger partial charge in [-0.2, -0.15) is 0 Å². The minimum atomic E-state index is -4.03. The van der Waals surface area contributed by atoms with Gasteiger partial charge in [0.25, 0.3) is 0 Å². The monoisotopic (exact) mass is 955 g/mol. The topological polar surface area (TPSA) is 54.0 Å². The number of carbonyl (C=O) groups is 1. The molecule has 0 aromatic heterocycles. The number of carbonyl (C=O) groups excluding carboxylic acids is 1. The van der Waals surface area contributed by atoms with Crippen LogP contribution < -0.4 is 0 Å². The third-order valence-corrected chi connectivity index (χ3v) is 44.2. The van der Waals surface area contributed by atoms with Crippen LogP contribution in [0, 0.1) is 11.8 Å². The van der Waals surface area contributed by atoms with Crippen LogP contribution in [0.3, 0.4) is 0 Å². The van der Waals surface area contributed by atoms with Crippen LogP contribution in [-0.4, -0.2) is 57.8 Å². The fourth-order valence-corrected chi connectivity index (χ4v) is 48.0. The number of hydrogen-bond acceptors (Lipinski definition) is 5. The Morgan fingerprint density at radius 3 is 1.06 bits per heavy atom. The number of hydrogen-bond donors (Lipinski definition) is 0. The molecular weight excluding hydrogens is 858 g/mol. The second kappa shape index (κ2) is 37.4. The van der Waals surface area contributed by atoms with Gasteiger partial charge in [-0.05, 0) is 0 Å². The van der Waals surface area contributed by atoms with Gasteiger partial charge in [-0.1, -0.05) is 0 Å². The Morgan fingerprint density at radius 1 is 0.404 bits per heavy atom. The van der Waals surface area contributed by atoms with Gasteiger partial charge in [0.15, 0.2) is 0 Å². The van der Waals surface area contributed by atoms with Crippen molar-refractivity contribution < 1.29 is 17.1 Å². The Morgan fingerprint density at radius 2 is 0.712 bits per heavy atom. The molecule has 0 atom stereocenters. The molecule has 7 heteroatoms. The molecule has 0 unspecified atom stereocenters. The average molecular weight is 953 g/mol. The summed E-state index contributed by atoms with van der Waals surface area (Å²) in [4.78, 5) is 13.8. The zero-order valence-electron chi connectivity index (χ0n) is 36.7. The molecule has 0 heterocycles. The molecule has 0 aliphatic carbocycles. The average Bonchev–Trinajstić information content (AvgIpc) is 3.15. The molecule has 0 radical (unpaired) electrons. The van der Waals surface area contributed by atoms with Crippen LogP contribution in [0.15, 0.2) is 0 Å². The SMILES string of the molecule is CCCCCCC[CH2][Sn]([CH2]CCCCCCC)([O]CC(CC)CC)[O][Sn]([CH2]CCCCCCC)([CH2]CCCCCCC)[O]C(=O)OCC(CC)CC. The van der Waals surface area contributed by atoms with Gasteiger partial charge in [-0.3, -0.25) is 0 Å². The van der Waals surface area contributed by atoms with Crippen molar-refractivity contribution in [3.8, 4) is 0 Å². The first-order valence-electron chi connectivity index (χ1n) is 23.5. The Labute approximate surface area is 337 Å². The first-order valence-corrected chi connectivity index (χ1v) is 36.3. The molecule has 5 nitrogen and oxygen atoms in total. The Bertz CT molecular complexity index is 726. The maximum absolute atomic E-state index is 13.8. The van der Waals surface area contributed by atoms with Crippen molar-refractivity contribution in [3.63, 3.8) is 0 Å². The van der Waals surface area contributed by atoms with Crippen LogP contribution >= 0.6 is 0 Å². The van der Waals surface area contributed by atoms with E-state index < -0.39 is 44.6 Å². The predicted molar refractivity (Wildman–Crippen MR) is 232 cm³/mol. The number of ether oxygens (including phenoxy) is 1. The van der Waals surface area contributed by atoms with E-state index >= 15 is 0 Å². The third kappa shape index (κ3) is 28.2. The van der Waals surface area contributed by atoms with Gasteiger partial charge >= 0.3 is 340 Å². The van der Waals surface area contributed by atoms with Crippen molar-refractivity contribution in [2.75, 3.05) is 13.2 Å². The van der Waals surface area contributed by atoms with E-state index in [4.69, 9.17) is 12.3 Å². The van der Waals surface area contributed by atoms with E-state index in [1.165, 1.54) is 141 Å². The van der Waals surface area contributed by atoms with Crippen LogP contribution in [0.1, 0.15) is 235 Å². The van der Waals surface area contributed by atoms with E-state index in [1.807, 2.05) is 0 Å². The van der Waals surface area contributed by atoms with Gasteiger partial charge in [0, 0.05) is 0 Å². The van der Waals surface area contributed by atoms with Crippen LogP contribution in [0.2, 0.25) is 17.7 Å². The van der Waals surface area contributed by atoms with Crippen LogP contribution in [0.4, 0.5) is 4.79 Å². The molecule has 0 aromatic rings. The summed E-state index contributed by atoms with van der Waals surface area (Å²) in [7, 11) is 0. The summed E-state index contributed by atoms with van der Waals surface area (Å²) < 4.78 is 32.4. The Hall–Kier alpha value is 0.787. The first kappa shape index (κ1) is 52.8. The Balaban J connectivity index is 6.72. The molecule has 0 amide bonds. The van der Waals surface area contributed by atoms with Crippen LogP contribution in [0.5, 0.6) is 0 Å². The number of rotatable bonds is 40. The molecule has 312 valence electrons. The molecule has 0 aromatic carbocycles. The van der Waals surface area contributed by atoms with Crippen molar-refractivity contribution in [2.24, 2.45) is 11.8 Å². The molecule has 0 aliphatic rings. The molecule has 0 saturated heterocycles. The second-order valence-corrected chi connectivity index (χ2v) is 38.3. The van der Waals surface area contributed by atoms with Crippen LogP contribution in [0.25, 0.3) is 0 Å². The van der Waals surface area contributed by atoms with Crippen molar-refractivity contribution in [2.45, 2.75) is 253 Å².